The van der Waals surface area contributed by atoms with E-state index in [0.717, 1.165) is 21.5 Å². The maximum atomic E-state index is 4.72. The zero-order valence-electron chi connectivity index (χ0n) is 16.5. The molecule has 0 amide bonds. The molecule has 0 bridgehead atoms. The predicted octanol–water partition coefficient (Wildman–Crippen LogP) is 7.97. The van der Waals surface area contributed by atoms with Crippen molar-refractivity contribution in [3.63, 3.8) is 0 Å². The molecule has 0 spiro atoms. The molecule has 0 radical (unpaired) electrons. The molecule has 7 aromatic rings. The number of fused-ring (bicyclic) bond motifs is 9. The van der Waals surface area contributed by atoms with E-state index >= 15 is 0 Å². The highest BCUT2D eigenvalue weighted by atomic mass is 32.1. The van der Waals surface area contributed by atoms with Crippen molar-refractivity contribution in [2.45, 2.75) is 0 Å². The van der Waals surface area contributed by atoms with Gasteiger partial charge in [-0.15, -0.1) is 11.3 Å². The molecule has 2 aromatic heterocycles. The molecule has 31 heavy (non-hydrogen) atoms. The maximum absolute atomic E-state index is 4.72. The lowest BCUT2D eigenvalue weighted by atomic mass is 9.93. The van der Waals surface area contributed by atoms with Crippen LogP contribution in [0.4, 0.5) is 0 Å². The van der Waals surface area contributed by atoms with Crippen LogP contribution in [-0.4, -0.2) is 9.97 Å². The molecule has 0 fully saturated rings. The van der Waals surface area contributed by atoms with Crippen LogP contribution < -0.4 is 0 Å². The van der Waals surface area contributed by atoms with Crippen LogP contribution in [0.25, 0.3) is 63.9 Å². The number of thiophene rings is 1. The first kappa shape index (κ1) is 16.9. The molecule has 2 nitrogen and oxygen atoms in total. The number of benzene rings is 5. The summed E-state index contributed by atoms with van der Waals surface area (Å²) in [6.07, 6.45) is 1.69. The van der Waals surface area contributed by atoms with E-state index in [0.29, 0.717) is 0 Å². The second-order valence-electron chi connectivity index (χ2n) is 7.85. The lowest BCUT2D eigenvalue weighted by Gasteiger charge is -2.12. The van der Waals surface area contributed by atoms with Crippen molar-refractivity contribution in [3.8, 4) is 11.3 Å². The molecule has 0 aliphatic carbocycles. The van der Waals surface area contributed by atoms with E-state index in [1.165, 1.54) is 42.4 Å². The Morgan fingerprint density at radius 3 is 1.81 bits per heavy atom. The third kappa shape index (κ3) is 2.38. The van der Waals surface area contributed by atoms with Gasteiger partial charge in [-0.3, -0.25) is 0 Å². The van der Waals surface area contributed by atoms with Crippen molar-refractivity contribution in [1.82, 2.24) is 9.97 Å². The third-order valence-electron chi connectivity index (χ3n) is 6.18. The van der Waals surface area contributed by atoms with Crippen LogP contribution in [0, 0.1) is 0 Å². The fraction of sp³-hybridized carbons (Fsp3) is 0. The molecule has 0 aliphatic rings. The fourth-order valence-electron chi connectivity index (χ4n) is 4.78. The van der Waals surface area contributed by atoms with Crippen LogP contribution in [0.3, 0.4) is 0 Å². The van der Waals surface area contributed by atoms with Gasteiger partial charge in [-0.05, 0) is 44.5 Å². The van der Waals surface area contributed by atoms with E-state index in [-0.39, 0.29) is 0 Å². The number of nitrogens with zero attached hydrogens (tertiary/aromatic N) is 2. The molecule has 0 saturated carbocycles. The van der Waals surface area contributed by atoms with E-state index in [4.69, 9.17) is 4.98 Å². The number of rotatable bonds is 1. The summed E-state index contributed by atoms with van der Waals surface area (Å²) in [6, 6.07) is 32.6. The minimum Gasteiger partial charge on any atom is -0.235 e. The molecule has 5 aromatic carbocycles. The first-order chi connectivity index (χ1) is 15.4. The van der Waals surface area contributed by atoms with Crippen molar-refractivity contribution in [1.29, 1.82) is 0 Å². The zero-order valence-corrected chi connectivity index (χ0v) is 17.4. The Kier molecular flexibility index (Phi) is 3.46. The highest BCUT2D eigenvalue weighted by Gasteiger charge is 2.14. The van der Waals surface area contributed by atoms with Crippen molar-refractivity contribution >= 4 is 64.0 Å². The largest absolute Gasteiger partial charge is 0.235 e. The molecule has 3 heteroatoms. The zero-order chi connectivity index (χ0) is 20.4. The number of hydrogen-bond donors (Lipinski definition) is 0. The summed E-state index contributed by atoms with van der Waals surface area (Å²) in [4.78, 5) is 9.33. The smallest absolute Gasteiger partial charge is 0.116 e. The minimum atomic E-state index is 1.00. The van der Waals surface area contributed by atoms with Gasteiger partial charge in [0.25, 0.3) is 0 Å². The highest BCUT2D eigenvalue weighted by Crippen LogP contribution is 2.40. The predicted molar refractivity (Wildman–Crippen MR) is 133 cm³/mol. The van der Waals surface area contributed by atoms with Gasteiger partial charge in [-0.25, -0.2) is 9.97 Å². The van der Waals surface area contributed by atoms with Crippen LogP contribution in [0.1, 0.15) is 0 Å². The van der Waals surface area contributed by atoms with Gasteiger partial charge in [0.15, 0.2) is 0 Å². The molecule has 0 atom stereocenters. The average molecular weight is 413 g/mol. The lowest BCUT2D eigenvalue weighted by molar-refractivity contribution is 1.24. The van der Waals surface area contributed by atoms with Gasteiger partial charge >= 0.3 is 0 Å². The normalized spacial score (nSPS) is 11.9. The van der Waals surface area contributed by atoms with Crippen molar-refractivity contribution in [3.05, 3.63) is 97.3 Å². The first-order valence-electron chi connectivity index (χ1n) is 10.3. The summed E-state index contributed by atoms with van der Waals surface area (Å²) in [5.74, 6) is 0. The topological polar surface area (TPSA) is 25.8 Å². The van der Waals surface area contributed by atoms with Gasteiger partial charge in [0.2, 0.25) is 0 Å². The summed E-state index contributed by atoms with van der Waals surface area (Å²) in [7, 11) is 0. The summed E-state index contributed by atoms with van der Waals surface area (Å²) >= 11 is 1.77. The Hall–Kier alpha value is -3.82. The molecule has 7 rings (SSSR count). The fourth-order valence-corrected chi connectivity index (χ4v) is 5.95. The van der Waals surface area contributed by atoms with Gasteiger partial charge < -0.3 is 0 Å². The summed E-state index contributed by atoms with van der Waals surface area (Å²) < 4.78 is 2.39. The lowest BCUT2D eigenvalue weighted by Crippen LogP contribution is -1.88. The van der Waals surface area contributed by atoms with Crippen LogP contribution in [-0.2, 0) is 0 Å². The van der Waals surface area contributed by atoms with E-state index in [1.807, 2.05) is 0 Å². The number of hydrogen-bond acceptors (Lipinski definition) is 3. The van der Waals surface area contributed by atoms with Crippen LogP contribution in [0.2, 0.25) is 0 Å². The average Bonchev–Trinajstić information content (AvgIpc) is 3.23. The Morgan fingerprint density at radius 2 is 1.10 bits per heavy atom. The molecule has 0 aliphatic heterocycles. The van der Waals surface area contributed by atoms with Crippen molar-refractivity contribution in [2.75, 3.05) is 0 Å². The first-order valence-corrected chi connectivity index (χ1v) is 11.2. The second kappa shape index (κ2) is 6.34. The quantitative estimate of drug-likeness (QED) is 0.256. The maximum Gasteiger partial charge on any atom is 0.116 e. The third-order valence-corrected chi connectivity index (χ3v) is 7.34. The Labute approximate surface area is 182 Å². The van der Waals surface area contributed by atoms with E-state index in [2.05, 4.69) is 96.0 Å². The Morgan fingerprint density at radius 1 is 0.516 bits per heavy atom. The molecule has 0 N–H and O–H groups in total. The molecular formula is C28H16N2S. The second-order valence-corrected chi connectivity index (χ2v) is 8.90. The monoisotopic (exact) mass is 412 g/mol. The van der Waals surface area contributed by atoms with E-state index in [1.54, 1.807) is 17.7 Å². The molecule has 144 valence electrons. The van der Waals surface area contributed by atoms with Gasteiger partial charge in [0.05, 0.1) is 15.9 Å². The van der Waals surface area contributed by atoms with Crippen LogP contribution >= 0.6 is 11.3 Å². The van der Waals surface area contributed by atoms with Crippen LogP contribution in [0.5, 0.6) is 0 Å². The van der Waals surface area contributed by atoms with E-state index in [9.17, 15) is 0 Å². The Balaban J connectivity index is 1.60. The minimum absolute atomic E-state index is 1.00. The molecule has 2 heterocycles. The summed E-state index contributed by atoms with van der Waals surface area (Å²) in [6.45, 7) is 0. The summed E-state index contributed by atoms with van der Waals surface area (Å²) in [5.41, 5.74) is 3.17. The van der Waals surface area contributed by atoms with Gasteiger partial charge in [-0.2, -0.15) is 0 Å². The molecule has 0 unspecified atom stereocenters. The van der Waals surface area contributed by atoms with Gasteiger partial charge in [0, 0.05) is 15.6 Å². The van der Waals surface area contributed by atoms with Crippen molar-refractivity contribution < 1.29 is 0 Å². The summed E-state index contributed by atoms with van der Waals surface area (Å²) in [5, 5.41) is 8.89. The molecule has 0 saturated heterocycles. The van der Waals surface area contributed by atoms with Gasteiger partial charge in [-0.1, -0.05) is 78.9 Å². The van der Waals surface area contributed by atoms with Crippen LogP contribution in [0.15, 0.2) is 97.3 Å². The highest BCUT2D eigenvalue weighted by molar-refractivity contribution is 7.26. The van der Waals surface area contributed by atoms with E-state index < -0.39 is 0 Å². The van der Waals surface area contributed by atoms with Crippen molar-refractivity contribution in [2.24, 2.45) is 0 Å². The standard InChI is InChI=1S/C28H16N2S/c1-2-9-20-18(7-1)19-8-3-4-10-21(19)24-15-17(13-14-22(20)24)26-28-27(30-16-29-26)23-11-5-6-12-25(23)31-28/h1-16H. The number of aromatic nitrogens is 2. The molecular weight excluding hydrogens is 396 g/mol. The van der Waals surface area contributed by atoms with Gasteiger partial charge in [0.1, 0.15) is 6.33 Å². The Bertz CT molecular complexity index is 1760. The SMILES string of the molecule is c1ccc2c(c1)sc1c(-c3ccc4c5ccccc5c5ccccc5c4c3)ncnc12.